The third kappa shape index (κ3) is 7.27. The Labute approximate surface area is 193 Å². The maximum Gasteiger partial charge on any atom is 0.329 e. The molecule has 0 heterocycles. The second-order valence-corrected chi connectivity index (χ2v) is 8.00. The topological polar surface area (TPSA) is 89.0 Å². The van der Waals surface area contributed by atoms with E-state index in [0.717, 1.165) is 31.2 Å². The van der Waals surface area contributed by atoms with E-state index in [0.29, 0.717) is 35.3 Å². The average Bonchev–Trinajstić information content (AvgIpc) is 2.80. The largest absolute Gasteiger partial charge is 0.490 e. The van der Waals surface area contributed by atoms with E-state index in [9.17, 15) is 9.59 Å². The molecule has 2 amide bonds. The van der Waals surface area contributed by atoms with Gasteiger partial charge in [0.1, 0.15) is 6.61 Å². The summed E-state index contributed by atoms with van der Waals surface area (Å²) in [6, 6.07) is 12.8. The van der Waals surface area contributed by atoms with Gasteiger partial charge in [0.05, 0.1) is 12.8 Å². The monoisotopic (exact) mass is 457 g/mol. The standard InChI is InChI=1S/C24H28ClN3O4/c1-2-31-22-14-18(10-13-21(22)32-16-17-8-11-19(25)12-9-17)15-26-28-24(30)23(29)27-20-6-4-3-5-7-20/h8-15,20H,2-7,16H2,1H3,(H,27,29)(H,28,30). The summed E-state index contributed by atoms with van der Waals surface area (Å²) in [5.41, 5.74) is 3.95. The molecule has 1 saturated carbocycles. The fraction of sp³-hybridized carbons (Fsp3) is 0.375. The average molecular weight is 458 g/mol. The van der Waals surface area contributed by atoms with Crippen molar-refractivity contribution in [2.75, 3.05) is 6.61 Å². The van der Waals surface area contributed by atoms with Crippen LogP contribution in [0.1, 0.15) is 50.2 Å². The number of halogens is 1. The van der Waals surface area contributed by atoms with E-state index in [4.69, 9.17) is 21.1 Å². The molecule has 0 bridgehead atoms. The number of hydrazone groups is 1. The zero-order valence-corrected chi connectivity index (χ0v) is 18.9. The number of hydrogen-bond acceptors (Lipinski definition) is 5. The van der Waals surface area contributed by atoms with Crippen molar-refractivity contribution in [3.63, 3.8) is 0 Å². The van der Waals surface area contributed by atoms with Gasteiger partial charge < -0.3 is 14.8 Å². The minimum atomic E-state index is -0.778. The van der Waals surface area contributed by atoms with Gasteiger partial charge in [-0.05, 0) is 61.2 Å². The molecular formula is C24H28ClN3O4. The van der Waals surface area contributed by atoms with Crippen LogP contribution in [0.2, 0.25) is 5.02 Å². The molecule has 2 aromatic carbocycles. The lowest BCUT2D eigenvalue weighted by Crippen LogP contribution is -2.44. The number of nitrogens with one attached hydrogen (secondary N) is 2. The Balaban J connectivity index is 1.55. The van der Waals surface area contributed by atoms with Crippen LogP contribution >= 0.6 is 11.6 Å². The fourth-order valence-electron chi connectivity index (χ4n) is 3.45. The van der Waals surface area contributed by atoms with Crippen molar-refractivity contribution in [2.24, 2.45) is 5.10 Å². The number of nitrogens with zero attached hydrogens (tertiary/aromatic N) is 1. The van der Waals surface area contributed by atoms with Crippen molar-refractivity contribution in [3.8, 4) is 11.5 Å². The van der Waals surface area contributed by atoms with Crippen LogP contribution in [0.25, 0.3) is 0 Å². The molecule has 0 unspecified atom stereocenters. The van der Waals surface area contributed by atoms with E-state index in [1.54, 1.807) is 18.2 Å². The molecule has 1 aliphatic carbocycles. The maximum atomic E-state index is 12.0. The van der Waals surface area contributed by atoms with Gasteiger partial charge in [0.2, 0.25) is 0 Å². The molecule has 0 aromatic heterocycles. The van der Waals surface area contributed by atoms with Crippen molar-refractivity contribution < 1.29 is 19.1 Å². The molecule has 1 fully saturated rings. The van der Waals surface area contributed by atoms with Gasteiger partial charge in [-0.25, -0.2) is 5.43 Å². The summed E-state index contributed by atoms with van der Waals surface area (Å²) in [5, 5.41) is 7.33. The summed E-state index contributed by atoms with van der Waals surface area (Å²) in [6.45, 7) is 2.72. The Kier molecular flexibility index (Phi) is 8.92. The van der Waals surface area contributed by atoms with E-state index in [2.05, 4.69) is 15.8 Å². The first-order chi connectivity index (χ1) is 15.5. The fourth-order valence-corrected chi connectivity index (χ4v) is 3.57. The molecule has 2 aromatic rings. The van der Waals surface area contributed by atoms with Gasteiger partial charge in [-0.15, -0.1) is 0 Å². The van der Waals surface area contributed by atoms with Crippen LogP contribution in [-0.4, -0.2) is 30.7 Å². The highest BCUT2D eigenvalue weighted by Crippen LogP contribution is 2.29. The first-order valence-electron chi connectivity index (χ1n) is 10.8. The quantitative estimate of drug-likeness (QED) is 0.353. The van der Waals surface area contributed by atoms with Gasteiger partial charge in [-0.3, -0.25) is 9.59 Å². The maximum absolute atomic E-state index is 12.0. The molecule has 7 nitrogen and oxygen atoms in total. The summed E-state index contributed by atoms with van der Waals surface area (Å²) in [7, 11) is 0. The number of rotatable bonds is 8. The predicted octanol–water partition coefficient (Wildman–Crippen LogP) is 4.22. The predicted molar refractivity (Wildman–Crippen MR) is 124 cm³/mol. The van der Waals surface area contributed by atoms with Gasteiger partial charge >= 0.3 is 11.8 Å². The normalized spacial score (nSPS) is 14.2. The second kappa shape index (κ2) is 12.1. The van der Waals surface area contributed by atoms with Crippen molar-refractivity contribution in [1.29, 1.82) is 0 Å². The molecular weight excluding hydrogens is 430 g/mol. The molecule has 0 spiro atoms. The van der Waals surface area contributed by atoms with Crippen LogP contribution in [0, 0.1) is 0 Å². The zero-order chi connectivity index (χ0) is 22.8. The third-order valence-electron chi connectivity index (χ3n) is 5.10. The van der Waals surface area contributed by atoms with Crippen LogP contribution < -0.4 is 20.2 Å². The van der Waals surface area contributed by atoms with Gasteiger partial charge in [0.25, 0.3) is 0 Å². The lowest BCUT2D eigenvalue weighted by Gasteiger charge is -2.22. The Bertz CT molecular complexity index is 941. The molecule has 0 atom stereocenters. The minimum Gasteiger partial charge on any atom is -0.490 e. The van der Waals surface area contributed by atoms with Crippen molar-refractivity contribution in [3.05, 3.63) is 58.6 Å². The smallest absolute Gasteiger partial charge is 0.329 e. The Morgan fingerprint density at radius 3 is 2.50 bits per heavy atom. The van der Waals surface area contributed by atoms with Crippen LogP contribution in [0.5, 0.6) is 11.5 Å². The van der Waals surface area contributed by atoms with E-state index >= 15 is 0 Å². The molecule has 3 rings (SSSR count). The number of hydrogen-bond donors (Lipinski definition) is 2. The highest BCUT2D eigenvalue weighted by molar-refractivity contribution is 6.35. The molecule has 32 heavy (non-hydrogen) atoms. The van der Waals surface area contributed by atoms with Gasteiger partial charge in [-0.2, -0.15) is 5.10 Å². The first-order valence-corrected chi connectivity index (χ1v) is 11.2. The highest BCUT2D eigenvalue weighted by atomic mass is 35.5. The zero-order valence-electron chi connectivity index (χ0n) is 18.1. The number of amides is 2. The molecule has 0 saturated heterocycles. The molecule has 0 radical (unpaired) electrons. The Morgan fingerprint density at radius 2 is 1.78 bits per heavy atom. The van der Waals surface area contributed by atoms with Crippen molar-refractivity contribution in [1.82, 2.24) is 10.7 Å². The summed E-state index contributed by atoms with van der Waals surface area (Å²) in [6.07, 6.45) is 6.61. The minimum absolute atomic E-state index is 0.0696. The molecule has 8 heteroatoms. The van der Waals surface area contributed by atoms with E-state index in [-0.39, 0.29) is 6.04 Å². The third-order valence-corrected chi connectivity index (χ3v) is 5.35. The van der Waals surface area contributed by atoms with Crippen LogP contribution in [-0.2, 0) is 16.2 Å². The number of ether oxygens (including phenoxy) is 2. The molecule has 170 valence electrons. The number of benzene rings is 2. The number of carbonyl (C=O) groups is 2. The van der Waals surface area contributed by atoms with Gasteiger partial charge in [-0.1, -0.05) is 43.0 Å². The SMILES string of the molecule is CCOc1cc(C=NNC(=O)C(=O)NC2CCCCC2)ccc1OCc1ccc(Cl)cc1. The lowest BCUT2D eigenvalue weighted by molar-refractivity contribution is -0.139. The van der Waals surface area contributed by atoms with Crippen LogP contribution in [0.4, 0.5) is 0 Å². The van der Waals surface area contributed by atoms with Gasteiger partial charge in [0, 0.05) is 11.1 Å². The van der Waals surface area contributed by atoms with Crippen LogP contribution in [0.3, 0.4) is 0 Å². The summed E-state index contributed by atoms with van der Waals surface area (Å²) in [4.78, 5) is 24.0. The summed E-state index contributed by atoms with van der Waals surface area (Å²) < 4.78 is 11.6. The molecule has 2 N–H and O–H groups in total. The van der Waals surface area contributed by atoms with Crippen LogP contribution in [0.15, 0.2) is 47.6 Å². The van der Waals surface area contributed by atoms with Crippen molar-refractivity contribution in [2.45, 2.75) is 51.7 Å². The molecule has 0 aliphatic heterocycles. The Morgan fingerprint density at radius 1 is 1.03 bits per heavy atom. The van der Waals surface area contributed by atoms with Crippen molar-refractivity contribution >= 4 is 29.6 Å². The first kappa shape index (κ1) is 23.6. The van der Waals surface area contributed by atoms with E-state index in [1.165, 1.54) is 12.6 Å². The van der Waals surface area contributed by atoms with E-state index in [1.807, 2.05) is 31.2 Å². The van der Waals surface area contributed by atoms with Gasteiger partial charge in [0.15, 0.2) is 11.5 Å². The summed E-state index contributed by atoms with van der Waals surface area (Å²) in [5.74, 6) is -0.281. The number of carbonyl (C=O) groups excluding carboxylic acids is 2. The van der Waals surface area contributed by atoms with E-state index < -0.39 is 11.8 Å². The lowest BCUT2D eigenvalue weighted by atomic mass is 9.95. The highest BCUT2D eigenvalue weighted by Gasteiger charge is 2.20. The second-order valence-electron chi connectivity index (χ2n) is 7.56. The Hall–Kier alpha value is -3.06. The molecule has 1 aliphatic rings. The summed E-state index contributed by atoms with van der Waals surface area (Å²) >= 11 is 5.91.